The van der Waals surface area contributed by atoms with E-state index in [1.807, 2.05) is 11.9 Å². The second-order valence-corrected chi connectivity index (χ2v) is 4.51. The molecule has 0 radical (unpaired) electrons. The van der Waals surface area contributed by atoms with Crippen molar-refractivity contribution in [1.29, 1.82) is 0 Å². The molecule has 1 N–H and O–H groups in total. The van der Waals surface area contributed by atoms with E-state index in [0.29, 0.717) is 31.9 Å². The van der Waals surface area contributed by atoms with Crippen molar-refractivity contribution < 1.29 is 19.0 Å². The predicted molar refractivity (Wildman–Crippen MR) is 71.4 cm³/mol. The number of ether oxygens (including phenoxy) is 2. The second kappa shape index (κ2) is 8.98. The fraction of sp³-hybridized carbons (Fsp3) is 0.571. The summed E-state index contributed by atoms with van der Waals surface area (Å²) < 4.78 is 23.5. The quantitative estimate of drug-likeness (QED) is 0.687. The third-order valence-corrected chi connectivity index (χ3v) is 2.66. The summed E-state index contributed by atoms with van der Waals surface area (Å²) in [6.45, 7) is 2.12. The van der Waals surface area contributed by atoms with Crippen molar-refractivity contribution in [2.75, 3.05) is 40.5 Å². The van der Waals surface area contributed by atoms with Crippen LogP contribution in [0.5, 0.6) is 0 Å². The highest BCUT2D eigenvalue weighted by Gasteiger charge is 2.10. The first-order chi connectivity index (χ1) is 9.13. The lowest BCUT2D eigenvalue weighted by Gasteiger charge is -2.20. The standard InChI is InChI=1S/C14H22FNO3/c1-16(9-12-5-3-4-6-14(12)15)10-13(17)11-19-8-7-18-2/h3-6,13,17H,7-11H2,1-2H3. The van der Waals surface area contributed by atoms with Crippen molar-refractivity contribution in [3.8, 4) is 0 Å². The van der Waals surface area contributed by atoms with E-state index in [-0.39, 0.29) is 12.4 Å². The lowest BCUT2D eigenvalue weighted by atomic mass is 10.2. The Morgan fingerprint density at radius 3 is 2.74 bits per heavy atom. The number of likely N-dealkylation sites (N-methyl/N-ethyl adjacent to an activating group) is 1. The number of hydrogen-bond donors (Lipinski definition) is 1. The topological polar surface area (TPSA) is 41.9 Å². The van der Waals surface area contributed by atoms with Gasteiger partial charge in [0, 0.05) is 25.8 Å². The largest absolute Gasteiger partial charge is 0.389 e. The number of aliphatic hydroxyl groups excluding tert-OH is 1. The molecule has 4 nitrogen and oxygen atoms in total. The van der Waals surface area contributed by atoms with E-state index in [9.17, 15) is 9.50 Å². The fourth-order valence-electron chi connectivity index (χ4n) is 1.76. The van der Waals surface area contributed by atoms with Gasteiger partial charge < -0.3 is 14.6 Å². The summed E-state index contributed by atoms with van der Waals surface area (Å²) in [7, 11) is 3.44. The zero-order valence-corrected chi connectivity index (χ0v) is 11.5. The SMILES string of the molecule is COCCOCC(O)CN(C)Cc1ccccc1F. The van der Waals surface area contributed by atoms with Crippen LogP contribution in [0.15, 0.2) is 24.3 Å². The summed E-state index contributed by atoms with van der Waals surface area (Å²) in [5, 5.41) is 9.77. The van der Waals surface area contributed by atoms with Gasteiger partial charge in [-0.25, -0.2) is 4.39 Å². The van der Waals surface area contributed by atoms with Crippen molar-refractivity contribution in [3.05, 3.63) is 35.6 Å². The Morgan fingerprint density at radius 1 is 1.32 bits per heavy atom. The second-order valence-electron chi connectivity index (χ2n) is 4.51. The minimum Gasteiger partial charge on any atom is -0.389 e. The summed E-state index contributed by atoms with van der Waals surface area (Å²) in [6.07, 6.45) is -0.589. The van der Waals surface area contributed by atoms with E-state index in [1.54, 1.807) is 25.3 Å². The monoisotopic (exact) mass is 271 g/mol. The van der Waals surface area contributed by atoms with Crippen LogP contribution in [0, 0.1) is 5.82 Å². The number of halogens is 1. The highest BCUT2D eigenvalue weighted by atomic mass is 19.1. The normalized spacial score (nSPS) is 12.9. The molecule has 0 amide bonds. The van der Waals surface area contributed by atoms with Crippen molar-refractivity contribution in [2.45, 2.75) is 12.6 Å². The molecule has 0 spiro atoms. The van der Waals surface area contributed by atoms with Gasteiger partial charge in [0.25, 0.3) is 0 Å². The Morgan fingerprint density at radius 2 is 2.05 bits per heavy atom. The molecule has 0 aliphatic carbocycles. The fourth-order valence-corrected chi connectivity index (χ4v) is 1.76. The van der Waals surface area contributed by atoms with Crippen LogP contribution in [-0.4, -0.2) is 56.6 Å². The van der Waals surface area contributed by atoms with Crippen LogP contribution in [0.25, 0.3) is 0 Å². The third-order valence-electron chi connectivity index (χ3n) is 2.66. The Bertz CT molecular complexity index is 362. The minimum absolute atomic E-state index is 0.222. The number of benzene rings is 1. The summed E-state index contributed by atoms with van der Waals surface area (Å²) >= 11 is 0. The number of aliphatic hydroxyl groups is 1. The van der Waals surface area contributed by atoms with Gasteiger partial charge in [0.15, 0.2) is 0 Å². The van der Waals surface area contributed by atoms with Crippen molar-refractivity contribution >= 4 is 0 Å². The lowest BCUT2D eigenvalue weighted by Crippen LogP contribution is -2.32. The number of hydrogen-bond acceptors (Lipinski definition) is 4. The van der Waals surface area contributed by atoms with Crippen LogP contribution in [-0.2, 0) is 16.0 Å². The smallest absolute Gasteiger partial charge is 0.127 e. The third kappa shape index (κ3) is 6.63. The Hall–Kier alpha value is -1.01. The van der Waals surface area contributed by atoms with Crippen LogP contribution in [0.4, 0.5) is 4.39 Å². The number of rotatable bonds is 9. The first kappa shape index (κ1) is 16.0. The maximum Gasteiger partial charge on any atom is 0.127 e. The molecule has 0 heterocycles. The van der Waals surface area contributed by atoms with Gasteiger partial charge in [-0.05, 0) is 13.1 Å². The van der Waals surface area contributed by atoms with Crippen molar-refractivity contribution in [1.82, 2.24) is 4.90 Å². The van der Waals surface area contributed by atoms with Crippen LogP contribution in [0.3, 0.4) is 0 Å². The zero-order valence-electron chi connectivity index (χ0n) is 11.5. The van der Waals surface area contributed by atoms with Gasteiger partial charge in [-0.2, -0.15) is 0 Å². The molecular weight excluding hydrogens is 249 g/mol. The average Bonchev–Trinajstić information content (AvgIpc) is 2.37. The highest BCUT2D eigenvalue weighted by molar-refractivity contribution is 5.16. The average molecular weight is 271 g/mol. The van der Waals surface area contributed by atoms with E-state index < -0.39 is 6.10 Å². The van der Waals surface area contributed by atoms with Gasteiger partial charge in [0.2, 0.25) is 0 Å². The first-order valence-corrected chi connectivity index (χ1v) is 6.30. The summed E-state index contributed by atoms with van der Waals surface area (Å²) in [5.74, 6) is -0.222. The van der Waals surface area contributed by atoms with Crippen LogP contribution in [0.2, 0.25) is 0 Å². The van der Waals surface area contributed by atoms with Crippen LogP contribution < -0.4 is 0 Å². The molecule has 0 aliphatic heterocycles. The summed E-state index contributed by atoms with van der Waals surface area (Å²) in [6, 6.07) is 6.65. The molecule has 1 unspecified atom stereocenters. The van der Waals surface area contributed by atoms with Gasteiger partial charge >= 0.3 is 0 Å². The molecule has 1 aromatic rings. The first-order valence-electron chi connectivity index (χ1n) is 6.30. The molecule has 1 atom stereocenters. The molecule has 0 aliphatic rings. The van der Waals surface area contributed by atoms with E-state index in [2.05, 4.69) is 0 Å². The molecular formula is C14H22FNO3. The molecule has 1 aromatic carbocycles. The molecule has 0 fully saturated rings. The molecule has 0 saturated heterocycles. The number of methoxy groups -OCH3 is 1. The summed E-state index contributed by atoms with van der Waals surface area (Å²) in [5.41, 5.74) is 0.623. The maximum atomic E-state index is 13.4. The Balaban J connectivity index is 2.26. The van der Waals surface area contributed by atoms with Gasteiger partial charge in [0.05, 0.1) is 25.9 Å². The van der Waals surface area contributed by atoms with Crippen LogP contribution >= 0.6 is 0 Å². The van der Waals surface area contributed by atoms with Crippen molar-refractivity contribution in [2.24, 2.45) is 0 Å². The number of nitrogens with zero attached hydrogens (tertiary/aromatic N) is 1. The molecule has 0 bridgehead atoms. The van der Waals surface area contributed by atoms with Crippen molar-refractivity contribution in [3.63, 3.8) is 0 Å². The lowest BCUT2D eigenvalue weighted by molar-refractivity contribution is 0.00152. The minimum atomic E-state index is -0.589. The van der Waals surface area contributed by atoms with Gasteiger partial charge in [-0.1, -0.05) is 18.2 Å². The van der Waals surface area contributed by atoms with E-state index in [4.69, 9.17) is 9.47 Å². The highest BCUT2D eigenvalue weighted by Crippen LogP contribution is 2.09. The molecule has 0 saturated carbocycles. The molecule has 1 rings (SSSR count). The molecule has 19 heavy (non-hydrogen) atoms. The zero-order chi connectivity index (χ0) is 14.1. The van der Waals surface area contributed by atoms with Gasteiger partial charge in [-0.3, -0.25) is 4.90 Å². The van der Waals surface area contributed by atoms with Gasteiger partial charge in [0.1, 0.15) is 5.82 Å². The van der Waals surface area contributed by atoms with Gasteiger partial charge in [-0.15, -0.1) is 0 Å². The Kier molecular flexibility index (Phi) is 7.59. The van der Waals surface area contributed by atoms with Crippen LogP contribution in [0.1, 0.15) is 5.56 Å². The predicted octanol–water partition coefficient (Wildman–Crippen LogP) is 1.28. The van der Waals surface area contributed by atoms with E-state index >= 15 is 0 Å². The Labute approximate surface area is 113 Å². The van der Waals surface area contributed by atoms with E-state index in [0.717, 1.165) is 0 Å². The molecule has 108 valence electrons. The molecule has 5 heteroatoms. The summed E-state index contributed by atoms with van der Waals surface area (Å²) in [4.78, 5) is 1.86. The van der Waals surface area contributed by atoms with E-state index in [1.165, 1.54) is 6.07 Å². The maximum absolute atomic E-state index is 13.4. The molecule has 0 aromatic heterocycles.